The van der Waals surface area contributed by atoms with Gasteiger partial charge in [0.2, 0.25) is 5.91 Å². The Hall–Kier alpha value is -2.08. The Balaban J connectivity index is 1.56. The van der Waals surface area contributed by atoms with Gasteiger partial charge in [-0.3, -0.25) is 14.5 Å². The van der Waals surface area contributed by atoms with Crippen molar-refractivity contribution in [3.63, 3.8) is 0 Å². The molecule has 3 rings (SSSR count). The molecule has 0 bridgehead atoms. The van der Waals surface area contributed by atoms with Crippen LogP contribution in [0.2, 0.25) is 0 Å². The largest absolute Gasteiger partial charge is 0.494 e. The summed E-state index contributed by atoms with van der Waals surface area (Å²) in [4.78, 5) is 26.7. The van der Waals surface area contributed by atoms with Gasteiger partial charge >= 0.3 is 5.97 Å². The van der Waals surface area contributed by atoms with Gasteiger partial charge in [-0.1, -0.05) is 13.3 Å². The van der Waals surface area contributed by atoms with Crippen LogP contribution in [0.15, 0.2) is 24.3 Å². The minimum Gasteiger partial charge on any atom is -0.494 e. The van der Waals surface area contributed by atoms with E-state index in [4.69, 9.17) is 9.47 Å². The molecule has 2 saturated heterocycles. The summed E-state index contributed by atoms with van der Waals surface area (Å²) in [5.41, 5.74) is 0.702. The van der Waals surface area contributed by atoms with Crippen LogP contribution in [0, 0.1) is 0 Å². The molecular formula is C19H26N2O4. The predicted octanol–water partition coefficient (Wildman–Crippen LogP) is 2.58. The van der Waals surface area contributed by atoms with Crippen LogP contribution in [0.1, 0.15) is 39.0 Å². The first-order chi connectivity index (χ1) is 12.2. The van der Waals surface area contributed by atoms with Crippen molar-refractivity contribution in [2.24, 2.45) is 0 Å². The molecule has 1 aromatic rings. The molecule has 0 spiro atoms. The van der Waals surface area contributed by atoms with E-state index in [-0.39, 0.29) is 24.3 Å². The van der Waals surface area contributed by atoms with Crippen LogP contribution in [0.5, 0.6) is 5.75 Å². The number of benzene rings is 1. The van der Waals surface area contributed by atoms with Crippen molar-refractivity contribution in [2.45, 2.75) is 51.1 Å². The molecule has 0 aliphatic carbocycles. The third-order valence-electron chi connectivity index (χ3n) is 4.75. The van der Waals surface area contributed by atoms with Crippen LogP contribution >= 0.6 is 0 Å². The van der Waals surface area contributed by atoms with Crippen molar-refractivity contribution in [3.05, 3.63) is 24.3 Å². The van der Waals surface area contributed by atoms with E-state index in [9.17, 15) is 9.59 Å². The van der Waals surface area contributed by atoms with Crippen LogP contribution in [0.25, 0.3) is 0 Å². The second-order valence-electron chi connectivity index (χ2n) is 6.66. The Bertz CT molecular complexity index is 602. The minimum absolute atomic E-state index is 0.128. The SMILES string of the molecule is CCCOc1ccc(NC(=O)C[C@@H]2C(=O)OC[C@H]3CCCCN32)cc1. The van der Waals surface area contributed by atoms with Crippen LogP contribution in [0.3, 0.4) is 0 Å². The van der Waals surface area contributed by atoms with E-state index in [1.807, 2.05) is 24.3 Å². The Labute approximate surface area is 148 Å². The monoisotopic (exact) mass is 346 g/mol. The molecule has 1 amide bonds. The summed E-state index contributed by atoms with van der Waals surface area (Å²) in [6.45, 7) is 4.04. The van der Waals surface area contributed by atoms with Crippen molar-refractivity contribution < 1.29 is 19.1 Å². The number of ether oxygens (including phenoxy) is 2. The number of nitrogens with one attached hydrogen (secondary N) is 1. The highest BCUT2D eigenvalue weighted by Crippen LogP contribution is 2.26. The molecule has 0 radical (unpaired) electrons. The van der Waals surface area contributed by atoms with Gasteiger partial charge in [0.1, 0.15) is 18.4 Å². The molecule has 2 atom stereocenters. The standard InChI is InChI=1S/C19H26N2O4/c1-2-11-24-16-8-6-14(7-9-16)20-18(22)12-17-19(23)25-13-15-5-3-4-10-21(15)17/h6-9,15,17H,2-5,10-13H2,1H3,(H,20,22)/t15-,17-/m1/s1. The van der Waals surface area contributed by atoms with Crippen molar-refractivity contribution in [2.75, 3.05) is 25.1 Å². The van der Waals surface area contributed by atoms with E-state index >= 15 is 0 Å². The van der Waals surface area contributed by atoms with E-state index in [1.165, 1.54) is 0 Å². The number of morpholine rings is 1. The van der Waals surface area contributed by atoms with E-state index in [1.54, 1.807) is 0 Å². The molecular weight excluding hydrogens is 320 g/mol. The third kappa shape index (κ3) is 4.51. The van der Waals surface area contributed by atoms with Crippen LogP contribution in [0.4, 0.5) is 5.69 Å². The first kappa shape index (κ1) is 17.7. The zero-order chi connectivity index (χ0) is 17.6. The smallest absolute Gasteiger partial charge is 0.323 e. The number of nitrogens with zero attached hydrogens (tertiary/aromatic N) is 1. The Morgan fingerprint density at radius 3 is 2.88 bits per heavy atom. The summed E-state index contributed by atoms with van der Waals surface area (Å²) in [6, 6.07) is 7.09. The van der Waals surface area contributed by atoms with Gasteiger partial charge in [0.05, 0.1) is 13.0 Å². The number of piperidine rings is 1. The fourth-order valence-corrected chi connectivity index (χ4v) is 3.46. The zero-order valence-electron chi connectivity index (χ0n) is 14.7. The molecule has 2 aliphatic heterocycles. The number of carbonyl (C=O) groups is 2. The summed E-state index contributed by atoms with van der Waals surface area (Å²) < 4.78 is 10.8. The van der Waals surface area contributed by atoms with Gasteiger partial charge in [-0.15, -0.1) is 0 Å². The molecule has 0 unspecified atom stereocenters. The van der Waals surface area contributed by atoms with Crippen molar-refractivity contribution in [1.29, 1.82) is 0 Å². The zero-order valence-corrected chi connectivity index (χ0v) is 14.7. The Morgan fingerprint density at radius 2 is 2.12 bits per heavy atom. The predicted molar refractivity (Wildman–Crippen MR) is 94.6 cm³/mol. The number of hydrogen-bond donors (Lipinski definition) is 1. The van der Waals surface area contributed by atoms with Crippen LogP contribution in [-0.4, -0.2) is 48.6 Å². The van der Waals surface area contributed by atoms with E-state index in [0.29, 0.717) is 18.9 Å². The number of cyclic esters (lactones) is 1. The lowest BCUT2D eigenvalue weighted by atomic mass is 9.97. The Kier molecular flexibility index (Phi) is 5.91. The van der Waals surface area contributed by atoms with Gasteiger partial charge in [-0.2, -0.15) is 0 Å². The maximum atomic E-state index is 12.4. The van der Waals surface area contributed by atoms with Crippen molar-refractivity contribution in [3.8, 4) is 5.75 Å². The van der Waals surface area contributed by atoms with Crippen LogP contribution < -0.4 is 10.1 Å². The molecule has 2 fully saturated rings. The summed E-state index contributed by atoms with van der Waals surface area (Å²) in [6.07, 6.45) is 4.34. The summed E-state index contributed by atoms with van der Waals surface area (Å²) in [5.74, 6) is 0.332. The van der Waals surface area contributed by atoms with E-state index in [0.717, 1.165) is 38.0 Å². The maximum Gasteiger partial charge on any atom is 0.323 e. The highest BCUT2D eigenvalue weighted by Gasteiger charge is 2.40. The first-order valence-electron chi connectivity index (χ1n) is 9.12. The molecule has 2 heterocycles. The summed E-state index contributed by atoms with van der Waals surface area (Å²) in [7, 11) is 0. The number of hydrogen-bond acceptors (Lipinski definition) is 5. The molecule has 0 aromatic heterocycles. The first-order valence-corrected chi connectivity index (χ1v) is 9.12. The lowest BCUT2D eigenvalue weighted by molar-refractivity contribution is -0.165. The van der Waals surface area contributed by atoms with Gasteiger partial charge < -0.3 is 14.8 Å². The quantitative estimate of drug-likeness (QED) is 0.802. The average molecular weight is 346 g/mol. The number of fused-ring (bicyclic) bond motifs is 1. The fourth-order valence-electron chi connectivity index (χ4n) is 3.46. The molecule has 0 saturated carbocycles. The molecule has 136 valence electrons. The number of amides is 1. The number of carbonyl (C=O) groups excluding carboxylic acids is 2. The molecule has 1 N–H and O–H groups in total. The van der Waals surface area contributed by atoms with Gasteiger partial charge in [0.25, 0.3) is 0 Å². The average Bonchev–Trinajstić information content (AvgIpc) is 2.63. The number of esters is 1. The van der Waals surface area contributed by atoms with Gasteiger partial charge in [-0.25, -0.2) is 0 Å². The van der Waals surface area contributed by atoms with Gasteiger partial charge in [-0.05, 0) is 50.1 Å². The fraction of sp³-hybridized carbons (Fsp3) is 0.579. The minimum atomic E-state index is -0.466. The highest BCUT2D eigenvalue weighted by molar-refractivity contribution is 5.94. The van der Waals surface area contributed by atoms with Crippen molar-refractivity contribution in [1.82, 2.24) is 4.90 Å². The summed E-state index contributed by atoms with van der Waals surface area (Å²) in [5, 5.41) is 2.86. The Morgan fingerprint density at radius 1 is 1.32 bits per heavy atom. The van der Waals surface area contributed by atoms with Gasteiger partial charge in [0.15, 0.2) is 0 Å². The van der Waals surface area contributed by atoms with E-state index < -0.39 is 6.04 Å². The maximum absolute atomic E-state index is 12.4. The second kappa shape index (κ2) is 8.34. The van der Waals surface area contributed by atoms with Crippen molar-refractivity contribution >= 4 is 17.6 Å². The molecule has 2 aliphatic rings. The normalized spacial score (nSPS) is 23.5. The lowest BCUT2D eigenvalue weighted by Gasteiger charge is -2.43. The second-order valence-corrected chi connectivity index (χ2v) is 6.66. The third-order valence-corrected chi connectivity index (χ3v) is 4.75. The summed E-state index contributed by atoms with van der Waals surface area (Å²) >= 11 is 0. The molecule has 6 nitrogen and oxygen atoms in total. The topological polar surface area (TPSA) is 67.9 Å². The van der Waals surface area contributed by atoms with Gasteiger partial charge in [0, 0.05) is 11.7 Å². The molecule has 1 aromatic carbocycles. The number of rotatable bonds is 6. The van der Waals surface area contributed by atoms with Crippen LogP contribution in [-0.2, 0) is 14.3 Å². The molecule has 6 heteroatoms. The van der Waals surface area contributed by atoms with E-state index in [2.05, 4.69) is 17.1 Å². The highest BCUT2D eigenvalue weighted by atomic mass is 16.5. The number of anilines is 1. The molecule has 25 heavy (non-hydrogen) atoms. The lowest BCUT2D eigenvalue weighted by Crippen LogP contribution is -2.57.